The first kappa shape index (κ1) is 8.95. The van der Waals surface area contributed by atoms with Crippen LogP contribution in [0.3, 0.4) is 0 Å². The lowest BCUT2D eigenvalue weighted by atomic mass is 10.4. The highest BCUT2D eigenvalue weighted by atomic mass is 15.0. The standard InChI is InChI=1S/C8H14N2/c1-5-6-8(9-4)10-7(2)3/h5-7,10H,1,4H2,2-3H3/b8-6+. The summed E-state index contributed by atoms with van der Waals surface area (Å²) in [4.78, 5) is 3.75. The number of nitrogens with zero attached hydrogens (tertiary/aromatic N) is 1. The molecule has 0 fully saturated rings. The van der Waals surface area contributed by atoms with Gasteiger partial charge in [0.1, 0.15) is 5.82 Å². The van der Waals surface area contributed by atoms with Gasteiger partial charge in [0.2, 0.25) is 0 Å². The van der Waals surface area contributed by atoms with Crippen LogP contribution in [-0.4, -0.2) is 12.8 Å². The zero-order valence-corrected chi connectivity index (χ0v) is 6.59. The number of hydrogen-bond donors (Lipinski definition) is 1. The van der Waals surface area contributed by atoms with Gasteiger partial charge in [-0.2, -0.15) is 0 Å². The SMILES string of the molecule is C=C/C=C(\N=C)NC(C)C. The molecule has 1 N–H and O–H groups in total. The van der Waals surface area contributed by atoms with Crippen LogP contribution in [0, 0.1) is 0 Å². The van der Waals surface area contributed by atoms with Crippen molar-refractivity contribution < 1.29 is 0 Å². The quantitative estimate of drug-likeness (QED) is 0.464. The van der Waals surface area contributed by atoms with Crippen molar-refractivity contribution in [2.75, 3.05) is 0 Å². The maximum Gasteiger partial charge on any atom is 0.125 e. The molecule has 0 unspecified atom stereocenters. The van der Waals surface area contributed by atoms with Gasteiger partial charge in [0.15, 0.2) is 0 Å². The second-order valence-corrected chi connectivity index (χ2v) is 2.24. The average Bonchev–Trinajstić information content (AvgIpc) is 1.86. The van der Waals surface area contributed by atoms with Crippen LogP contribution >= 0.6 is 0 Å². The molecule has 0 aromatic rings. The highest BCUT2D eigenvalue weighted by molar-refractivity contribution is 5.29. The molecule has 0 atom stereocenters. The molecule has 0 heterocycles. The topological polar surface area (TPSA) is 24.4 Å². The third-order valence-corrected chi connectivity index (χ3v) is 0.883. The molecule has 0 saturated heterocycles. The zero-order chi connectivity index (χ0) is 7.98. The summed E-state index contributed by atoms with van der Waals surface area (Å²) in [6.07, 6.45) is 3.46. The molecule has 0 bridgehead atoms. The molecule has 0 aliphatic carbocycles. The Kier molecular flexibility index (Phi) is 4.29. The Morgan fingerprint density at radius 2 is 2.20 bits per heavy atom. The molecule has 0 amide bonds. The van der Waals surface area contributed by atoms with E-state index in [2.05, 4.69) is 23.6 Å². The van der Waals surface area contributed by atoms with E-state index in [0.29, 0.717) is 6.04 Å². The Hall–Kier alpha value is -1.05. The fourth-order valence-electron chi connectivity index (χ4n) is 0.554. The van der Waals surface area contributed by atoms with Gasteiger partial charge in [-0.15, -0.1) is 0 Å². The maximum absolute atomic E-state index is 3.75. The molecule has 2 heteroatoms. The Bertz CT molecular complexity index is 145. The maximum atomic E-state index is 3.75. The summed E-state index contributed by atoms with van der Waals surface area (Å²) < 4.78 is 0. The molecule has 0 aromatic heterocycles. The third-order valence-electron chi connectivity index (χ3n) is 0.883. The predicted octanol–water partition coefficient (Wildman–Crippen LogP) is 1.71. The van der Waals surface area contributed by atoms with E-state index < -0.39 is 0 Å². The lowest BCUT2D eigenvalue weighted by Crippen LogP contribution is -2.20. The predicted molar refractivity (Wildman–Crippen MR) is 46.1 cm³/mol. The van der Waals surface area contributed by atoms with Crippen LogP contribution in [0.4, 0.5) is 0 Å². The van der Waals surface area contributed by atoms with Crippen molar-refractivity contribution in [3.63, 3.8) is 0 Å². The van der Waals surface area contributed by atoms with Crippen LogP contribution < -0.4 is 5.32 Å². The average molecular weight is 138 g/mol. The van der Waals surface area contributed by atoms with Crippen LogP contribution in [0.2, 0.25) is 0 Å². The van der Waals surface area contributed by atoms with Crippen LogP contribution in [0.1, 0.15) is 13.8 Å². The van der Waals surface area contributed by atoms with E-state index in [0.717, 1.165) is 5.82 Å². The first-order valence-electron chi connectivity index (χ1n) is 3.26. The molecule has 0 saturated carbocycles. The van der Waals surface area contributed by atoms with Crippen LogP contribution in [0.25, 0.3) is 0 Å². The van der Waals surface area contributed by atoms with Gasteiger partial charge < -0.3 is 5.32 Å². The summed E-state index contributed by atoms with van der Waals surface area (Å²) in [6.45, 7) is 11.0. The summed E-state index contributed by atoms with van der Waals surface area (Å²) in [5.41, 5.74) is 0. The van der Waals surface area contributed by atoms with Crippen molar-refractivity contribution in [2.24, 2.45) is 4.99 Å². The summed E-state index contributed by atoms with van der Waals surface area (Å²) in [7, 11) is 0. The Morgan fingerprint density at radius 3 is 2.50 bits per heavy atom. The third kappa shape index (κ3) is 3.89. The van der Waals surface area contributed by atoms with E-state index in [9.17, 15) is 0 Å². The van der Waals surface area contributed by atoms with Crippen molar-refractivity contribution in [1.29, 1.82) is 0 Å². The van der Waals surface area contributed by atoms with Gasteiger partial charge in [-0.25, -0.2) is 4.99 Å². The summed E-state index contributed by atoms with van der Waals surface area (Å²) in [6, 6.07) is 0.386. The van der Waals surface area contributed by atoms with Crippen molar-refractivity contribution in [3.05, 3.63) is 24.6 Å². The molecule has 0 aromatic carbocycles. The normalized spacial score (nSPS) is 11.3. The van der Waals surface area contributed by atoms with Crippen molar-refractivity contribution in [1.82, 2.24) is 5.32 Å². The molecule has 2 nitrogen and oxygen atoms in total. The first-order valence-corrected chi connectivity index (χ1v) is 3.26. The minimum atomic E-state index is 0.386. The summed E-state index contributed by atoms with van der Waals surface area (Å²) in [5, 5.41) is 3.09. The van der Waals surface area contributed by atoms with Crippen molar-refractivity contribution in [3.8, 4) is 0 Å². The second-order valence-electron chi connectivity index (χ2n) is 2.24. The van der Waals surface area contributed by atoms with E-state index in [1.807, 2.05) is 13.8 Å². The fraction of sp³-hybridized carbons (Fsp3) is 0.375. The van der Waals surface area contributed by atoms with Crippen LogP contribution in [0.15, 0.2) is 29.5 Å². The largest absolute Gasteiger partial charge is 0.368 e. The van der Waals surface area contributed by atoms with E-state index in [1.54, 1.807) is 12.2 Å². The van der Waals surface area contributed by atoms with Gasteiger partial charge in [0.05, 0.1) is 0 Å². The van der Waals surface area contributed by atoms with E-state index >= 15 is 0 Å². The number of rotatable bonds is 4. The number of aliphatic imine (C=N–C) groups is 1. The molecule has 0 spiro atoms. The fourth-order valence-corrected chi connectivity index (χ4v) is 0.554. The minimum absolute atomic E-state index is 0.386. The zero-order valence-electron chi connectivity index (χ0n) is 6.59. The molecule has 10 heavy (non-hydrogen) atoms. The smallest absolute Gasteiger partial charge is 0.125 e. The number of allylic oxidation sites excluding steroid dienone is 2. The van der Waals surface area contributed by atoms with Crippen LogP contribution in [0.5, 0.6) is 0 Å². The minimum Gasteiger partial charge on any atom is -0.368 e. The second kappa shape index (κ2) is 4.79. The van der Waals surface area contributed by atoms with Crippen molar-refractivity contribution >= 4 is 6.72 Å². The summed E-state index contributed by atoms with van der Waals surface area (Å²) in [5.74, 6) is 0.769. The molecule has 56 valence electrons. The van der Waals surface area contributed by atoms with Gasteiger partial charge in [-0.1, -0.05) is 12.7 Å². The first-order chi connectivity index (χ1) is 4.70. The molecule has 0 aliphatic heterocycles. The monoisotopic (exact) mass is 138 g/mol. The highest BCUT2D eigenvalue weighted by Crippen LogP contribution is 1.92. The van der Waals surface area contributed by atoms with Gasteiger partial charge in [-0.05, 0) is 26.6 Å². The van der Waals surface area contributed by atoms with E-state index in [1.165, 1.54) is 0 Å². The molecular formula is C8H14N2. The van der Waals surface area contributed by atoms with Gasteiger partial charge in [0.25, 0.3) is 0 Å². The van der Waals surface area contributed by atoms with E-state index in [4.69, 9.17) is 0 Å². The van der Waals surface area contributed by atoms with Gasteiger partial charge in [0, 0.05) is 6.04 Å². The van der Waals surface area contributed by atoms with E-state index in [-0.39, 0.29) is 0 Å². The number of nitrogens with one attached hydrogen (secondary N) is 1. The Morgan fingerprint density at radius 1 is 1.60 bits per heavy atom. The molecular weight excluding hydrogens is 124 g/mol. The lowest BCUT2D eigenvalue weighted by molar-refractivity contribution is 0.665. The Balaban J connectivity index is 3.95. The Labute approximate surface area is 62.4 Å². The highest BCUT2D eigenvalue weighted by Gasteiger charge is 1.92. The van der Waals surface area contributed by atoms with Crippen LogP contribution in [-0.2, 0) is 0 Å². The summed E-state index contributed by atoms with van der Waals surface area (Å²) >= 11 is 0. The van der Waals surface area contributed by atoms with Crippen molar-refractivity contribution in [2.45, 2.75) is 19.9 Å². The lowest BCUT2D eigenvalue weighted by Gasteiger charge is -2.07. The molecule has 0 aliphatic rings. The van der Waals surface area contributed by atoms with Gasteiger partial charge in [-0.3, -0.25) is 0 Å². The van der Waals surface area contributed by atoms with Gasteiger partial charge >= 0.3 is 0 Å². The molecule has 0 rings (SSSR count). The number of hydrogen-bond acceptors (Lipinski definition) is 2. The molecule has 0 radical (unpaired) electrons.